The molecular weight excluding hydrogens is 366 g/mol. The van der Waals surface area contributed by atoms with Gasteiger partial charge in [0.05, 0.1) is 18.1 Å². The second-order valence-corrected chi connectivity index (χ2v) is 6.22. The molecule has 1 aromatic heterocycles. The van der Waals surface area contributed by atoms with Crippen LogP contribution in [0.3, 0.4) is 0 Å². The molecule has 0 aliphatic heterocycles. The molecule has 0 saturated carbocycles. The van der Waals surface area contributed by atoms with Crippen LogP contribution in [-0.2, 0) is 0 Å². The van der Waals surface area contributed by atoms with Gasteiger partial charge in [-0.25, -0.2) is 4.98 Å². The van der Waals surface area contributed by atoms with Crippen LogP contribution in [0.25, 0.3) is 16.6 Å². The molecule has 0 unspecified atom stereocenters. The van der Waals surface area contributed by atoms with Crippen LogP contribution >= 0.6 is 0 Å². The van der Waals surface area contributed by atoms with Gasteiger partial charge in [0.15, 0.2) is 0 Å². The zero-order chi connectivity index (χ0) is 20.8. The molecule has 0 bridgehead atoms. The van der Waals surface area contributed by atoms with E-state index in [1.54, 1.807) is 32.4 Å². The summed E-state index contributed by atoms with van der Waals surface area (Å²) in [5.41, 5.74) is 3.03. The maximum absolute atomic E-state index is 11.8. The van der Waals surface area contributed by atoms with Crippen LogP contribution in [0.5, 0.6) is 11.5 Å². The lowest BCUT2D eigenvalue weighted by atomic mass is 10.2. The van der Waals surface area contributed by atoms with Gasteiger partial charge < -0.3 is 19.8 Å². The summed E-state index contributed by atoms with van der Waals surface area (Å²) in [6.07, 6.45) is 5.60. The summed E-state index contributed by atoms with van der Waals surface area (Å²) in [5, 5.41) is 2.62. The van der Waals surface area contributed by atoms with E-state index < -0.39 is 0 Å². The number of hydrogen-bond donors (Lipinski definition) is 2. The number of methoxy groups -OCH3 is 1. The molecule has 1 amide bonds. The maximum atomic E-state index is 11.8. The van der Waals surface area contributed by atoms with Gasteiger partial charge in [-0.05, 0) is 61.5 Å². The molecule has 2 aromatic carbocycles. The molecule has 0 radical (unpaired) electrons. The molecule has 6 nitrogen and oxygen atoms in total. The summed E-state index contributed by atoms with van der Waals surface area (Å²) >= 11 is 0. The highest BCUT2D eigenvalue weighted by atomic mass is 16.5. The van der Waals surface area contributed by atoms with E-state index in [9.17, 15) is 4.79 Å². The van der Waals surface area contributed by atoms with Crippen molar-refractivity contribution in [1.82, 2.24) is 15.3 Å². The number of nitrogens with one attached hydrogen (secondary N) is 2. The maximum Gasteiger partial charge on any atom is 0.251 e. The Bertz CT molecular complexity index is 1090. The first-order valence-corrected chi connectivity index (χ1v) is 9.11. The average Bonchev–Trinajstić information content (AvgIpc) is 3.17. The number of amides is 1. The molecule has 0 aliphatic carbocycles. The Morgan fingerprint density at radius 1 is 1.14 bits per heavy atom. The Balaban J connectivity index is 1.74. The Morgan fingerprint density at radius 2 is 1.86 bits per heavy atom. The molecule has 0 fully saturated rings. The quantitative estimate of drug-likeness (QED) is 0.461. The zero-order valence-electron chi connectivity index (χ0n) is 16.7. The summed E-state index contributed by atoms with van der Waals surface area (Å²) in [5.74, 6) is 2.49. The highest BCUT2D eigenvalue weighted by molar-refractivity contribution is 5.97. The fraction of sp³-hybridized carbons (Fsp3) is 0.130. The average molecular weight is 389 g/mol. The number of rotatable bonds is 7. The van der Waals surface area contributed by atoms with E-state index in [1.165, 1.54) is 0 Å². The van der Waals surface area contributed by atoms with Gasteiger partial charge in [0, 0.05) is 18.2 Å². The third kappa shape index (κ3) is 4.73. The molecule has 2 N–H and O–H groups in total. The Hall–Kier alpha value is -3.80. The minimum absolute atomic E-state index is 0.138. The summed E-state index contributed by atoms with van der Waals surface area (Å²) in [4.78, 5) is 19.7. The molecule has 29 heavy (non-hydrogen) atoms. The molecule has 148 valence electrons. The van der Waals surface area contributed by atoms with E-state index in [1.807, 2.05) is 49.4 Å². The number of carbonyl (C=O) groups is 1. The molecule has 0 saturated heterocycles. The van der Waals surface area contributed by atoms with Gasteiger partial charge in [0.2, 0.25) is 0 Å². The number of carbonyl (C=O) groups excluding carboxylic acids is 1. The smallest absolute Gasteiger partial charge is 0.251 e. The fourth-order valence-corrected chi connectivity index (χ4v) is 2.76. The van der Waals surface area contributed by atoms with E-state index in [0.717, 1.165) is 22.4 Å². The second kappa shape index (κ2) is 8.93. The van der Waals surface area contributed by atoms with E-state index in [0.29, 0.717) is 22.9 Å². The third-order valence-electron chi connectivity index (χ3n) is 4.31. The number of benzene rings is 2. The Morgan fingerprint density at radius 3 is 2.52 bits per heavy atom. The van der Waals surface area contributed by atoms with Crippen molar-refractivity contribution >= 4 is 22.5 Å². The first-order chi connectivity index (χ1) is 14.0. The third-order valence-corrected chi connectivity index (χ3v) is 4.31. The van der Waals surface area contributed by atoms with Gasteiger partial charge in [-0.15, -0.1) is 0 Å². The predicted octanol–water partition coefficient (Wildman–Crippen LogP) is 4.48. The van der Waals surface area contributed by atoms with Crippen LogP contribution < -0.4 is 14.8 Å². The Labute approximate surface area is 169 Å². The van der Waals surface area contributed by atoms with Crippen LogP contribution in [-0.4, -0.2) is 30.0 Å². The molecule has 6 heteroatoms. The number of allylic oxidation sites excluding steroid dienone is 4. The number of aromatic nitrogens is 2. The highest BCUT2D eigenvalue weighted by Gasteiger charge is 2.09. The molecule has 0 spiro atoms. The number of fused-ring (bicyclic) bond motifs is 1. The van der Waals surface area contributed by atoms with E-state index >= 15 is 0 Å². The van der Waals surface area contributed by atoms with E-state index in [2.05, 4.69) is 21.9 Å². The summed E-state index contributed by atoms with van der Waals surface area (Å²) in [6, 6.07) is 12.6. The van der Waals surface area contributed by atoms with Gasteiger partial charge in [0.1, 0.15) is 23.1 Å². The summed E-state index contributed by atoms with van der Waals surface area (Å²) < 4.78 is 10.9. The van der Waals surface area contributed by atoms with Gasteiger partial charge in [0.25, 0.3) is 5.91 Å². The minimum atomic E-state index is -0.138. The van der Waals surface area contributed by atoms with Crippen molar-refractivity contribution in [3.05, 3.63) is 84.4 Å². The Kier molecular flexibility index (Phi) is 6.14. The largest absolute Gasteiger partial charge is 0.497 e. The molecular formula is C23H23N3O3. The zero-order valence-corrected chi connectivity index (χ0v) is 16.7. The van der Waals surface area contributed by atoms with E-state index in [4.69, 9.17) is 9.47 Å². The van der Waals surface area contributed by atoms with Gasteiger partial charge in [-0.2, -0.15) is 0 Å². The van der Waals surface area contributed by atoms with Crippen molar-refractivity contribution in [2.45, 2.75) is 6.92 Å². The van der Waals surface area contributed by atoms with E-state index in [-0.39, 0.29) is 5.91 Å². The lowest BCUT2D eigenvalue weighted by Crippen LogP contribution is -2.17. The van der Waals surface area contributed by atoms with Gasteiger partial charge in [-0.3, -0.25) is 4.79 Å². The standard InChI is InChI=1S/C23H23N3O3/c1-5-16(7-6-15(2)29-19-11-9-18(28-4)10-12-19)22-25-20-13-8-17(23(27)24-3)14-21(20)26-22/h5-14H,2H2,1,3-4H3,(H,24,27)(H,25,26)/b7-6-,16-5+. The minimum Gasteiger partial charge on any atom is -0.497 e. The number of imidazole rings is 1. The number of hydrogen-bond acceptors (Lipinski definition) is 4. The number of nitrogens with zero attached hydrogens (tertiary/aromatic N) is 1. The number of H-pyrrole nitrogens is 1. The van der Waals surface area contributed by atoms with Crippen molar-refractivity contribution in [2.24, 2.45) is 0 Å². The van der Waals surface area contributed by atoms with Crippen molar-refractivity contribution in [3.8, 4) is 11.5 Å². The number of ether oxygens (including phenoxy) is 2. The molecule has 3 aromatic rings. The van der Waals surface area contributed by atoms with Crippen LogP contribution in [0.2, 0.25) is 0 Å². The molecule has 3 rings (SSSR count). The molecule has 0 atom stereocenters. The van der Waals surface area contributed by atoms with Crippen molar-refractivity contribution in [3.63, 3.8) is 0 Å². The normalized spacial score (nSPS) is 11.6. The van der Waals surface area contributed by atoms with Gasteiger partial charge >= 0.3 is 0 Å². The molecule has 1 heterocycles. The summed E-state index contributed by atoms with van der Waals surface area (Å²) in [6.45, 7) is 5.86. The predicted molar refractivity (Wildman–Crippen MR) is 115 cm³/mol. The highest BCUT2D eigenvalue weighted by Crippen LogP contribution is 2.22. The fourth-order valence-electron chi connectivity index (χ4n) is 2.76. The lowest BCUT2D eigenvalue weighted by molar-refractivity contribution is 0.0963. The number of aromatic amines is 1. The molecule has 0 aliphatic rings. The SMILES string of the molecule is C=C(/C=C\C(=C/C)c1nc2ccc(C(=O)NC)cc2[nH]1)Oc1ccc(OC)cc1. The van der Waals surface area contributed by atoms with Crippen LogP contribution in [0, 0.1) is 0 Å². The monoisotopic (exact) mass is 389 g/mol. The van der Waals surface area contributed by atoms with Crippen molar-refractivity contribution < 1.29 is 14.3 Å². The summed E-state index contributed by atoms with van der Waals surface area (Å²) in [7, 11) is 3.22. The second-order valence-electron chi connectivity index (χ2n) is 6.22. The first-order valence-electron chi connectivity index (χ1n) is 9.11. The van der Waals surface area contributed by atoms with Crippen molar-refractivity contribution in [1.29, 1.82) is 0 Å². The lowest BCUT2D eigenvalue weighted by Gasteiger charge is -2.06. The van der Waals surface area contributed by atoms with Gasteiger partial charge in [-0.1, -0.05) is 12.7 Å². The van der Waals surface area contributed by atoms with Crippen LogP contribution in [0.4, 0.5) is 0 Å². The topological polar surface area (TPSA) is 76.2 Å². The first kappa shape index (κ1) is 19.9. The van der Waals surface area contributed by atoms with Crippen LogP contribution in [0.15, 0.2) is 73.0 Å². The van der Waals surface area contributed by atoms with Crippen molar-refractivity contribution in [2.75, 3.05) is 14.2 Å². The van der Waals surface area contributed by atoms with Crippen LogP contribution in [0.1, 0.15) is 23.1 Å².